The van der Waals surface area contributed by atoms with Crippen molar-refractivity contribution in [1.82, 2.24) is 14.9 Å². The molecule has 0 aromatic carbocycles. The van der Waals surface area contributed by atoms with Crippen molar-refractivity contribution >= 4 is 15.9 Å². The average molecular weight is 303 g/mol. The van der Waals surface area contributed by atoms with Gasteiger partial charge in [0.1, 0.15) is 0 Å². The van der Waals surface area contributed by atoms with Crippen LogP contribution in [0, 0.1) is 0 Å². The first-order chi connectivity index (χ1) is 9.53. The molecule has 7 heteroatoms. The Morgan fingerprint density at radius 2 is 1.95 bits per heavy atom. The highest BCUT2D eigenvalue weighted by atomic mass is 32.2. The highest BCUT2D eigenvalue weighted by molar-refractivity contribution is 7.89. The molecule has 0 saturated carbocycles. The largest absolute Gasteiger partial charge is 0.352 e. The van der Waals surface area contributed by atoms with Gasteiger partial charge in [-0.05, 0) is 39.2 Å². The maximum absolute atomic E-state index is 12.1. The lowest BCUT2D eigenvalue weighted by atomic mass is 10.0. The van der Waals surface area contributed by atoms with Crippen LogP contribution in [0.15, 0.2) is 0 Å². The summed E-state index contributed by atoms with van der Waals surface area (Å²) in [6.45, 7) is 3.60. The molecule has 1 amide bonds. The summed E-state index contributed by atoms with van der Waals surface area (Å²) in [5, 5.41) is 6.29. The molecule has 6 nitrogen and oxygen atoms in total. The van der Waals surface area contributed by atoms with Crippen molar-refractivity contribution in [2.45, 2.75) is 51.1 Å². The first kappa shape index (κ1) is 15.7. The van der Waals surface area contributed by atoms with E-state index in [1.807, 2.05) is 0 Å². The van der Waals surface area contributed by atoms with Crippen LogP contribution >= 0.6 is 0 Å². The van der Waals surface area contributed by atoms with E-state index < -0.39 is 10.0 Å². The SMILES string of the molecule is CCS(=O)(=O)N1CCC(NC(=O)[C@@H]2CCCCN2)CC1. The molecule has 2 heterocycles. The molecule has 2 fully saturated rings. The standard InChI is InChI=1S/C13H25N3O3S/c1-2-20(18,19)16-9-6-11(7-10-16)15-13(17)12-5-3-4-8-14-12/h11-12,14H,2-10H2,1H3,(H,15,17)/t12-/m0/s1. The number of carbonyl (C=O) groups excluding carboxylic acids is 1. The van der Waals surface area contributed by atoms with Crippen molar-refractivity contribution < 1.29 is 13.2 Å². The van der Waals surface area contributed by atoms with Gasteiger partial charge in [0.15, 0.2) is 0 Å². The number of piperidine rings is 2. The number of rotatable bonds is 4. The molecular weight excluding hydrogens is 278 g/mol. The molecular formula is C13H25N3O3S. The summed E-state index contributed by atoms with van der Waals surface area (Å²) < 4.78 is 25.1. The summed E-state index contributed by atoms with van der Waals surface area (Å²) in [6, 6.07) is 0.0377. The molecule has 2 saturated heterocycles. The molecule has 0 radical (unpaired) electrons. The van der Waals surface area contributed by atoms with Crippen LogP contribution in [0.3, 0.4) is 0 Å². The Morgan fingerprint density at radius 1 is 1.25 bits per heavy atom. The smallest absolute Gasteiger partial charge is 0.237 e. The van der Waals surface area contributed by atoms with Crippen LogP contribution < -0.4 is 10.6 Å². The Hall–Kier alpha value is -0.660. The number of hydrogen-bond acceptors (Lipinski definition) is 4. The first-order valence-electron chi connectivity index (χ1n) is 7.54. The van der Waals surface area contributed by atoms with Gasteiger partial charge in [0.2, 0.25) is 15.9 Å². The molecule has 116 valence electrons. The van der Waals surface area contributed by atoms with Gasteiger partial charge in [-0.15, -0.1) is 0 Å². The summed E-state index contributed by atoms with van der Waals surface area (Å²) >= 11 is 0. The van der Waals surface area contributed by atoms with Crippen LogP contribution in [0.25, 0.3) is 0 Å². The van der Waals surface area contributed by atoms with E-state index in [4.69, 9.17) is 0 Å². The molecule has 20 heavy (non-hydrogen) atoms. The first-order valence-corrected chi connectivity index (χ1v) is 9.15. The second-order valence-corrected chi connectivity index (χ2v) is 7.84. The van der Waals surface area contributed by atoms with Crippen molar-refractivity contribution in [3.05, 3.63) is 0 Å². The van der Waals surface area contributed by atoms with E-state index in [0.29, 0.717) is 25.9 Å². The average Bonchev–Trinajstić information content (AvgIpc) is 2.48. The van der Waals surface area contributed by atoms with Crippen molar-refractivity contribution in [2.24, 2.45) is 0 Å². The lowest BCUT2D eigenvalue weighted by molar-refractivity contribution is -0.124. The third-order valence-electron chi connectivity index (χ3n) is 4.19. The van der Waals surface area contributed by atoms with Crippen LogP contribution in [0.2, 0.25) is 0 Å². The van der Waals surface area contributed by atoms with Crippen LogP contribution in [0.1, 0.15) is 39.0 Å². The molecule has 0 bridgehead atoms. The Labute approximate surface area is 121 Å². The van der Waals surface area contributed by atoms with Crippen LogP contribution in [0.5, 0.6) is 0 Å². The monoisotopic (exact) mass is 303 g/mol. The van der Waals surface area contributed by atoms with Crippen molar-refractivity contribution in [2.75, 3.05) is 25.4 Å². The summed E-state index contributed by atoms with van der Waals surface area (Å²) in [6.07, 6.45) is 4.54. The minimum atomic E-state index is -3.09. The second kappa shape index (κ2) is 6.87. The molecule has 0 aromatic rings. The number of hydrogen-bond donors (Lipinski definition) is 2. The molecule has 0 unspecified atom stereocenters. The molecule has 0 spiro atoms. The van der Waals surface area contributed by atoms with Crippen LogP contribution in [0.4, 0.5) is 0 Å². The van der Waals surface area contributed by atoms with Gasteiger partial charge in [0, 0.05) is 19.1 Å². The van der Waals surface area contributed by atoms with Crippen LogP contribution in [-0.2, 0) is 14.8 Å². The van der Waals surface area contributed by atoms with Crippen molar-refractivity contribution in [3.8, 4) is 0 Å². The molecule has 0 aromatic heterocycles. The Bertz CT molecular complexity index is 424. The van der Waals surface area contributed by atoms with E-state index in [1.54, 1.807) is 6.92 Å². The fraction of sp³-hybridized carbons (Fsp3) is 0.923. The van der Waals surface area contributed by atoms with E-state index in [2.05, 4.69) is 10.6 Å². The van der Waals surface area contributed by atoms with E-state index in [0.717, 1.165) is 25.8 Å². The summed E-state index contributed by atoms with van der Waals surface area (Å²) in [5.41, 5.74) is 0. The topological polar surface area (TPSA) is 78.5 Å². The van der Waals surface area contributed by atoms with E-state index in [9.17, 15) is 13.2 Å². The highest BCUT2D eigenvalue weighted by Crippen LogP contribution is 2.15. The third kappa shape index (κ3) is 3.93. The molecule has 0 aliphatic carbocycles. The summed E-state index contributed by atoms with van der Waals surface area (Å²) in [5.74, 6) is 0.220. The minimum absolute atomic E-state index is 0.0684. The van der Waals surface area contributed by atoms with Crippen LogP contribution in [-0.4, -0.2) is 56.1 Å². The normalized spacial score (nSPS) is 26.4. The minimum Gasteiger partial charge on any atom is -0.352 e. The molecule has 2 aliphatic rings. The molecule has 1 atom stereocenters. The second-order valence-electron chi connectivity index (χ2n) is 5.58. The maximum atomic E-state index is 12.1. The van der Waals surface area contributed by atoms with Gasteiger partial charge < -0.3 is 10.6 Å². The predicted molar refractivity (Wildman–Crippen MR) is 77.8 cm³/mol. The number of carbonyl (C=O) groups is 1. The van der Waals surface area contributed by atoms with Gasteiger partial charge in [-0.25, -0.2) is 12.7 Å². The Kier molecular flexibility index (Phi) is 5.40. The zero-order chi connectivity index (χ0) is 14.6. The van der Waals surface area contributed by atoms with Crippen molar-refractivity contribution in [1.29, 1.82) is 0 Å². The lowest BCUT2D eigenvalue weighted by Crippen LogP contribution is -2.52. The zero-order valence-corrected chi connectivity index (χ0v) is 12.9. The number of nitrogens with one attached hydrogen (secondary N) is 2. The van der Waals surface area contributed by atoms with Gasteiger partial charge in [-0.1, -0.05) is 6.42 Å². The van der Waals surface area contributed by atoms with Gasteiger partial charge in [0.25, 0.3) is 0 Å². The Balaban J connectivity index is 1.78. The number of amides is 1. The lowest BCUT2D eigenvalue weighted by Gasteiger charge is -2.32. The quantitative estimate of drug-likeness (QED) is 0.770. The third-order valence-corrected chi connectivity index (χ3v) is 6.07. The summed E-state index contributed by atoms with van der Waals surface area (Å²) in [4.78, 5) is 12.1. The van der Waals surface area contributed by atoms with Gasteiger partial charge in [0.05, 0.1) is 11.8 Å². The van der Waals surface area contributed by atoms with E-state index in [-0.39, 0.29) is 23.7 Å². The van der Waals surface area contributed by atoms with Gasteiger partial charge in [-0.3, -0.25) is 4.79 Å². The maximum Gasteiger partial charge on any atom is 0.237 e. The zero-order valence-electron chi connectivity index (χ0n) is 12.1. The fourth-order valence-corrected chi connectivity index (χ4v) is 3.97. The van der Waals surface area contributed by atoms with Crippen molar-refractivity contribution in [3.63, 3.8) is 0 Å². The van der Waals surface area contributed by atoms with E-state index >= 15 is 0 Å². The summed E-state index contributed by atoms with van der Waals surface area (Å²) in [7, 11) is -3.09. The van der Waals surface area contributed by atoms with E-state index in [1.165, 1.54) is 4.31 Å². The predicted octanol–water partition coefficient (Wildman–Crippen LogP) is 0.0588. The number of sulfonamides is 1. The number of nitrogens with zero attached hydrogens (tertiary/aromatic N) is 1. The fourth-order valence-electron chi connectivity index (χ4n) is 2.84. The molecule has 2 N–H and O–H groups in total. The molecule has 2 aliphatic heterocycles. The van der Waals surface area contributed by atoms with Gasteiger partial charge >= 0.3 is 0 Å². The Morgan fingerprint density at radius 3 is 2.50 bits per heavy atom. The molecule has 2 rings (SSSR count). The highest BCUT2D eigenvalue weighted by Gasteiger charge is 2.29. The van der Waals surface area contributed by atoms with Gasteiger partial charge in [-0.2, -0.15) is 0 Å².